The van der Waals surface area contributed by atoms with Gasteiger partial charge in [0.15, 0.2) is 5.58 Å². The van der Waals surface area contributed by atoms with Crippen LogP contribution in [0.2, 0.25) is 5.35 Å². The molecular formula is C12H12ClNO3. The van der Waals surface area contributed by atoms with E-state index in [1.807, 2.05) is 18.2 Å². The third-order valence-electron chi connectivity index (χ3n) is 3.02. The normalized spacial score (nSPS) is 23.6. The lowest BCUT2D eigenvalue weighted by atomic mass is 9.92. The second-order valence-electron chi connectivity index (χ2n) is 4.17. The van der Waals surface area contributed by atoms with Crippen molar-refractivity contribution in [2.24, 2.45) is 0 Å². The van der Waals surface area contributed by atoms with Gasteiger partial charge in [0.1, 0.15) is 17.4 Å². The van der Waals surface area contributed by atoms with Crippen LogP contribution in [0.3, 0.4) is 0 Å². The van der Waals surface area contributed by atoms with E-state index in [0.717, 1.165) is 24.1 Å². The maximum Gasteiger partial charge on any atom is 0.293 e. The van der Waals surface area contributed by atoms with Gasteiger partial charge in [0, 0.05) is 26.0 Å². The third kappa shape index (κ3) is 2.10. The first-order valence-electron chi connectivity index (χ1n) is 5.50. The molecule has 4 nitrogen and oxygen atoms in total. The standard InChI is InChI=1S/C12H12ClNO3/c1-15-8-4-9(5-8)16-7-2-3-11-10(6-7)14-12(13)17-11/h2-3,6,8-9H,4-5H2,1H3/t8-,9+. The molecule has 0 amide bonds. The maximum absolute atomic E-state index is 5.79. The zero-order valence-corrected chi connectivity index (χ0v) is 10.1. The zero-order valence-electron chi connectivity index (χ0n) is 9.35. The average molecular weight is 254 g/mol. The summed E-state index contributed by atoms with van der Waals surface area (Å²) in [5.74, 6) is 0.794. The van der Waals surface area contributed by atoms with Crippen molar-refractivity contribution in [3.05, 3.63) is 23.5 Å². The van der Waals surface area contributed by atoms with Crippen molar-refractivity contribution in [2.75, 3.05) is 7.11 Å². The minimum absolute atomic E-state index is 0.153. The van der Waals surface area contributed by atoms with E-state index in [4.69, 9.17) is 25.5 Å². The maximum atomic E-state index is 5.79. The molecule has 1 fully saturated rings. The van der Waals surface area contributed by atoms with Crippen LogP contribution in [0.5, 0.6) is 5.75 Å². The molecule has 1 aromatic carbocycles. The van der Waals surface area contributed by atoms with Crippen LogP contribution < -0.4 is 4.74 Å². The minimum Gasteiger partial charge on any atom is -0.490 e. The molecule has 0 aliphatic heterocycles. The fourth-order valence-corrected chi connectivity index (χ4v) is 2.13. The average Bonchev–Trinajstić information content (AvgIpc) is 2.62. The van der Waals surface area contributed by atoms with Crippen molar-refractivity contribution < 1.29 is 13.9 Å². The van der Waals surface area contributed by atoms with Gasteiger partial charge in [0.05, 0.1) is 6.10 Å². The number of rotatable bonds is 3. The predicted octanol–water partition coefficient (Wildman–Crippen LogP) is 3.04. The summed E-state index contributed by atoms with van der Waals surface area (Å²) in [6.07, 6.45) is 2.45. The Balaban J connectivity index is 1.73. The van der Waals surface area contributed by atoms with Gasteiger partial charge in [-0.05, 0) is 23.7 Å². The monoisotopic (exact) mass is 253 g/mol. The van der Waals surface area contributed by atoms with E-state index in [1.54, 1.807) is 7.11 Å². The SMILES string of the molecule is CO[C@H]1C[C@@H](Oc2ccc3oc(Cl)nc3c2)C1. The molecule has 0 radical (unpaired) electrons. The summed E-state index contributed by atoms with van der Waals surface area (Å²) in [5.41, 5.74) is 1.39. The highest BCUT2D eigenvalue weighted by Crippen LogP contribution is 2.30. The highest BCUT2D eigenvalue weighted by atomic mass is 35.5. The van der Waals surface area contributed by atoms with Gasteiger partial charge < -0.3 is 13.9 Å². The van der Waals surface area contributed by atoms with Gasteiger partial charge in [0.2, 0.25) is 0 Å². The molecule has 17 heavy (non-hydrogen) atoms. The van der Waals surface area contributed by atoms with Crippen LogP contribution in [-0.4, -0.2) is 24.3 Å². The Bertz CT molecular complexity index is 534. The van der Waals surface area contributed by atoms with Crippen molar-refractivity contribution in [1.29, 1.82) is 0 Å². The molecule has 1 aliphatic carbocycles. The Morgan fingerprint density at radius 1 is 1.35 bits per heavy atom. The van der Waals surface area contributed by atoms with Crippen molar-refractivity contribution in [3.63, 3.8) is 0 Å². The molecule has 1 saturated carbocycles. The molecule has 0 N–H and O–H groups in total. The fourth-order valence-electron chi connectivity index (χ4n) is 1.95. The number of oxazole rings is 1. The van der Waals surface area contributed by atoms with Crippen molar-refractivity contribution in [3.8, 4) is 5.75 Å². The first-order valence-corrected chi connectivity index (χ1v) is 5.88. The van der Waals surface area contributed by atoms with Crippen LogP contribution in [-0.2, 0) is 4.74 Å². The van der Waals surface area contributed by atoms with Gasteiger partial charge >= 0.3 is 0 Å². The summed E-state index contributed by atoms with van der Waals surface area (Å²) in [7, 11) is 1.73. The molecular weight excluding hydrogens is 242 g/mol. The highest BCUT2D eigenvalue weighted by molar-refractivity contribution is 6.28. The summed E-state index contributed by atoms with van der Waals surface area (Å²) < 4.78 is 16.2. The molecule has 90 valence electrons. The summed E-state index contributed by atoms with van der Waals surface area (Å²) in [5, 5.41) is 0.153. The summed E-state index contributed by atoms with van der Waals surface area (Å²) in [4.78, 5) is 4.05. The largest absolute Gasteiger partial charge is 0.490 e. The van der Waals surface area contributed by atoms with Crippen LogP contribution in [0.1, 0.15) is 12.8 Å². The Labute approximate surface area is 103 Å². The highest BCUT2D eigenvalue weighted by Gasteiger charge is 2.30. The number of fused-ring (bicyclic) bond motifs is 1. The second-order valence-corrected chi connectivity index (χ2v) is 4.49. The lowest BCUT2D eigenvalue weighted by molar-refractivity contribution is -0.0380. The van der Waals surface area contributed by atoms with Gasteiger partial charge in [-0.25, -0.2) is 0 Å². The van der Waals surface area contributed by atoms with E-state index in [1.165, 1.54) is 0 Å². The van der Waals surface area contributed by atoms with E-state index in [2.05, 4.69) is 4.98 Å². The van der Waals surface area contributed by atoms with E-state index in [0.29, 0.717) is 11.7 Å². The van der Waals surface area contributed by atoms with Crippen molar-refractivity contribution >= 4 is 22.7 Å². The molecule has 0 atom stereocenters. The number of halogens is 1. The van der Waals surface area contributed by atoms with E-state index in [-0.39, 0.29) is 11.5 Å². The quantitative estimate of drug-likeness (QED) is 0.843. The molecule has 1 heterocycles. The third-order valence-corrected chi connectivity index (χ3v) is 3.18. The smallest absolute Gasteiger partial charge is 0.293 e. The first-order chi connectivity index (χ1) is 8.24. The van der Waals surface area contributed by atoms with Crippen molar-refractivity contribution in [1.82, 2.24) is 4.98 Å². The van der Waals surface area contributed by atoms with Crippen LogP contribution in [0.15, 0.2) is 22.6 Å². The Morgan fingerprint density at radius 3 is 2.94 bits per heavy atom. The Kier molecular flexibility index (Phi) is 2.68. The molecule has 1 aromatic heterocycles. The van der Waals surface area contributed by atoms with Gasteiger partial charge in [0.25, 0.3) is 5.35 Å². The van der Waals surface area contributed by atoms with Crippen LogP contribution in [0, 0.1) is 0 Å². The molecule has 0 unspecified atom stereocenters. The predicted molar refractivity (Wildman–Crippen MR) is 63.5 cm³/mol. The van der Waals surface area contributed by atoms with Crippen molar-refractivity contribution in [2.45, 2.75) is 25.0 Å². The lowest BCUT2D eigenvalue weighted by Gasteiger charge is -2.34. The molecule has 5 heteroatoms. The van der Waals surface area contributed by atoms with Gasteiger partial charge in [-0.1, -0.05) is 0 Å². The number of hydrogen-bond donors (Lipinski definition) is 0. The fraction of sp³-hybridized carbons (Fsp3) is 0.417. The summed E-state index contributed by atoms with van der Waals surface area (Å²) in [6.45, 7) is 0. The van der Waals surface area contributed by atoms with Gasteiger partial charge in [-0.2, -0.15) is 4.98 Å². The number of aromatic nitrogens is 1. The number of methoxy groups -OCH3 is 1. The molecule has 2 aromatic rings. The van der Waals surface area contributed by atoms with Crippen LogP contribution >= 0.6 is 11.6 Å². The summed E-state index contributed by atoms with van der Waals surface area (Å²) in [6, 6.07) is 5.52. The molecule has 0 saturated heterocycles. The molecule has 1 aliphatic rings. The molecule has 0 bridgehead atoms. The number of nitrogens with zero attached hydrogens (tertiary/aromatic N) is 1. The molecule has 3 rings (SSSR count). The lowest BCUT2D eigenvalue weighted by Crippen LogP contribution is -2.38. The zero-order chi connectivity index (χ0) is 11.8. The van der Waals surface area contributed by atoms with Crippen LogP contribution in [0.25, 0.3) is 11.1 Å². The minimum atomic E-state index is 0.153. The van der Waals surface area contributed by atoms with Gasteiger partial charge in [-0.3, -0.25) is 0 Å². The number of ether oxygens (including phenoxy) is 2. The van der Waals surface area contributed by atoms with E-state index < -0.39 is 0 Å². The van der Waals surface area contributed by atoms with Gasteiger partial charge in [-0.15, -0.1) is 0 Å². The number of hydrogen-bond acceptors (Lipinski definition) is 4. The number of benzene rings is 1. The topological polar surface area (TPSA) is 44.5 Å². The van der Waals surface area contributed by atoms with E-state index >= 15 is 0 Å². The second kappa shape index (κ2) is 4.20. The summed E-state index contributed by atoms with van der Waals surface area (Å²) >= 11 is 5.68. The Hall–Kier alpha value is -1.26. The van der Waals surface area contributed by atoms with Crippen LogP contribution in [0.4, 0.5) is 0 Å². The van der Waals surface area contributed by atoms with E-state index in [9.17, 15) is 0 Å². The first kappa shape index (κ1) is 10.9. The molecule has 0 spiro atoms. The Morgan fingerprint density at radius 2 is 2.18 bits per heavy atom.